The van der Waals surface area contributed by atoms with Gasteiger partial charge in [0.15, 0.2) is 0 Å². The van der Waals surface area contributed by atoms with Crippen LogP contribution in [0.4, 0.5) is 5.69 Å². The summed E-state index contributed by atoms with van der Waals surface area (Å²) in [7, 11) is 3.32. The molecule has 22 heavy (non-hydrogen) atoms. The Morgan fingerprint density at radius 1 is 1.32 bits per heavy atom. The predicted molar refractivity (Wildman–Crippen MR) is 87.3 cm³/mol. The summed E-state index contributed by atoms with van der Waals surface area (Å²) in [6.07, 6.45) is 2.05. The Morgan fingerprint density at radius 3 is 2.59 bits per heavy atom. The fourth-order valence-electron chi connectivity index (χ4n) is 2.92. The van der Waals surface area contributed by atoms with Crippen molar-refractivity contribution in [1.82, 2.24) is 4.90 Å². The van der Waals surface area contributed by atoms with Crippen LogP contribution in [0, 0.1) is 0 Å². The van der Waals surface area contributed by atoms with E-state index in [1.165, 1.54) is 0 Å². The molecule has 1 N–H and O–H groups in total. The zero-order valence-electron chi connectivity index (χ0n) is 13.9. The number of rotatable bonds is 6. The molecule has 1 atom stereocenters. The molecule has 1 amide bonds. The molecular weight excluding hydrogens is 280 g/mol. The molecule has 0 spiro atoms. The van der Waals surface area contributed by atoms with E-state index in [2.05, 4.69) is 5.32 Å². The summed E-state index contributed by atoms with van der Waals surface area (Å²) in [5.41, 5.74) is 0.243. The molecule has 122 valence electrons. The molecule has 0 saturated carbocycles. The third kappa shape index (κ3) is 3.71. The number of nitrogens with zero attached hydrogens (tertiary/aromatic N) is 1. The average molecular weight is 306 g/mol. The first-order valence-electron chi connectivity index (χ1n) is 7.70. The number of hydrogen-bond acceptors (Lipinski definition) is 4. The van der Waals surface area contributed by atoms with Crippen LogP contribution in [0.5, 0.6) is 5.75 Å². The van der Waals surface area contributed by atoms with Gasteiger partial charge in [-0.25, -0.2) is 0 Å². The van der Waals surface area contributed by atoms with Gasteiger partial charge in [-0.15, -0.1) is 0 Å². The van der Waals surface area contributed by atoms with Crippen LogP contribution in [0.2, 0.25) is 0 Å². The molecule has 1 unspecified atom stereocenters. The minimum absolute atomic E-state index is 0.114. The molecule has 2 rings (SSSR count). The smallest absolute Gasteiger partial charge is 0.247 e. The Hall–Kier alpha value is -1.75. The molecule has 0 radical (unpaired) electrons. The van der Waals surface area contributed by atoms with Crippen LogP contribution in [0.25, 0.3) is 0 Å². The molecule has 1 aliphatic heterocycles. The Kier molecular flexibility index (Phi) is 5.29. The summed E-state index contributed by atoms with van der Waals surface area (Å²) in [6.45, 7) is 5.24. The van der Waals surface area contributed by atoms with Gasteiger partial charge in [-0.3, -0.25) is 4.79 Å². The minimum atomic E-state index is -0.662. The van der Waals surface area contributed by atoms with Gasteiger partial charge in [-0.2, -0.15) is 0 Å². The Labute approximate surface area is 132 Å². The second kappa shape index (κ2) is 7.01. The van der Waals surface area contributed by atoms with E-state index in [9.17, 15) is 4.79 Å². The first-order valence-corrected chi connectivity index (χ1v) is 7.70. The van der Waals surface area contributed by atoms with Crippen LogP contribution in [-0.4, -0.2) is 49.8 Å². The van der Waals surface area contributed by atoms with Crippen molar-refractivity contribution in [2.75, 3.05) is 32.7 Å². The lowest BCUT2D eigenvalue weighted by Crippen LogP contribution is -2.52. The number of ether oxygens (including phenoxy) is 2. The van der Waals surface area contributed by atoms with Crippen molar-refractivity contribution in [2.45, 2.75) is 38.3 Å². The summed E-state index contributed by atoms with van der Waals surface area (Å²) >= 11 is 0. The van der Waals surface area contributed by atoms with Crippen molar-refractivity contribution < 1.29 is 14.3 Å². The molecular formula is C17H26N2O3. The van der Waals surface area contributed by atoms with Crippen LogP contribution in [0.15, 0.2) is 24.3 Å². The van der Waals surface area contributed by atoms with E-state index < -0.39 is 5.54 Å². The molecule has 1 aromatic carbocycles. The number of methoxy groups -OCH3 is 2. The molecule has 1 aliphatic rings. The highest BCUT2D eigenvalue weighted by Crippen LogP contribution is 2.25. The zero-order chi connectivity index (χ0) is 16.2. The SMILES string of the molecule is COCC1CCCN1C(=O)C(C)(C)Nc1ccc(OC)cc1. The van der Waals surface area contributed by atoms with E-state index in [-0.39, 0.29) is 11.9 Å². The summed E-state index contributed by atoms with van der Waals surface area (Å²) in [6, 6.07) is 7.79. The first kappa shape index (κ1) is 16.6. The Bertz CT molecular complexity index is 499. The van der Waals surface area contributed by atoms with E-state index in [1.54, 1.807) is 14.2 Å². The zero-order valence-corrected chi connectivity index (χ0v) is 13.9. The van der Waals surface area contributed by atoms with Crippen molar-refractivity contribution >= 4 is 11.6 Å². The molecule has 1 saturated heterocycles. The largest absolute Gasteiger partial charge is 0.497 e. The molecule has 1 aromatic rings. The van der Waals surface area contributed by atoms with E-state index >= 15 is 0 Å². The maximum absolute atomic E-state index is 12.9. The highest BCUT2D eigenvalue weighted by molar-refractivity contribution is 5.89. The molecule has 0 aliphatic carbocycles. The second-order valence-corrected chi connectivity index (χ2v) is 6.23. The van der Waals surface area contributed by atoms with Crippen molar-refractivity contribution in [1.29, 1.82) is 0 Å². The number of amides is 1. The number of hydrogen-bond donors (Lipinski definition) is 1. The van der Waals surface area contributed by atoms with Crippen LogP contribution in [0.3, 0.4) is 0 Å². The van der Waals surface area contributed by atoms with Gasteiger partial charge in [-0.05, 0) is 51.0 Å². The van der Waals surface area contributed by atoms with Crippen molar-refractivity contribution in [3.05, 3.63) is 24.3 Å². The third-order valence-corrected chi connectivity index (χ3v) is 4.08. The fourth-order valence-corrected chi connectivity index (χ4v) is 2.92. The van der Waals surface area contributed by atoms with Gasteiger partial charge in [0.05, 0.1) is 19.8 Å². The van der Waals surface area contributed by atoms with Gasteiger partial charge >= 0.3 is 0 Å². The third-order valence-electron chi connectivity index (χ3n) is 4.08. The molecule has 0 aromatic heterocycles. The Balaban J connectivity index is 2.06. The van der Waals surface area contributed by atoms with E-state index in [0.29, 0.717) is 6.61 Å². The number of carbonyl (C=O) groups is 1. The monoisotopic (exact) mass is 306 g/mol. The number of carbonyl (C=O) groups excluding carboxylic acids is 1. The summed E-state index contributed by atoms with van der Waals surface area (Å²) in [4.78, 5) is 14.8. The van der Waals surface area contributed by atoms with Crippen LogP contribution in [-0.2, 0) is 9.53 Å². The van der Waals surface area contributed by atoms with Gasteiger partial charge in [0.1, 0.15) is 11.3 Å². The number of anilines is 1. The number of likely N-dealkylation sites (tertiary alicyclic amines) is 1. The fraction of sp³-hybridized carbons (Fsp3) is 0.588. The van der Waals surface area contributed by atoms with Gasteiger partial charge in [0.25, 0.3) is 0 Å². The number of benzene rings is 1. The van der Waals surface area contributed by atoms with Gasteiger partial charge < -0.3 is 19.7 Å². The lowest BCUT2D eigenvalue weighted by molar-refractivity contribution is -0.136. The minimum Gasteiger partial charge on any atom is -0.497 e. The topological polar surface area (TPSA) is 50.8 Å². The molecule has 0 bridgehead atoms. The second-order valence-electron chi connectivity index (χ2n) is 6.23. The van der Waals surface area contributed by atoms with E-state index in [4.69, 9.17) is 9.47 Å². The standard InChI is InChI=1S/C17H26N2O3/c1-17(2,18-13-7-9-15(22-4)10-8-13)16(20)19-11-5-6-14(19)12-21-3/h7-10,14,18H,5-6,11-12H2,1-4H3. The highest BCUT2D eigenvalue weighted by Gasteiger charge is 2.37. The Morgan fingerprint density at radius 2 is 2.00 bits per heavy atom. The maximum atomic E-state index is 12.9. The molecule has 1 heterocycles. The quantitative estimate of drug-likeness (QED) is 0.877. The molecule has 1 fully saturated rings. The first-order chi connectivity index (χ1) is 10.5. The molecule has 5 heteroatoms. The number of nitrogens with one attached hydrogen (secondary N) is 1. The molecule has 5 nitrogen and oxygen atoms in total. The normalized spacial score (nSPS) is 18.4. The van der Waals surface area contributed by atoms with Crippen molar-refractivity contribution in [3.8, 4) is 5.75 Å². The van der Waals surface area contributed by atoms with Gasteiger partial charge in [0.2, 0.25) is 5.91 Å². The average Bonchev–Trinajstić information content (AvgIpc) is 2.95. The van der Waals surface area contributed by atoms with Crippen molar-refractivity contribution in [3.63, 3.8) is 0 Å². The van der Waals surface area contributed by atoms with E-state index in [0.717, 1.165) is 30.8 Å². The lowest BCUT2D eigenvalue weighted by atomic mass is 10.0. The highest BCUT2D eigenvalue weighted by atomic mass is 16.5. The van der Waals surface area contributed by atoms with Crippen LogP contribution >= 0.6 is 0 Å². The summed E-state index contributed by atoms with van der Waals surface area (Å²) < 4.78 is 10.4. The predicted octanol–water partition coefficient (Wildman–Crippen LogP) is 2.52. The van der Waals surface area contributed by atoms with E-state index in [1.807, 2.05) is 43.0 Å². The maximum Gasteiger partial charge on any atom is 0.247 e. The van der Waals surface area contributed by atoms with Gasteiger partial charge in [-0.1, -0.05) is 0 Å². The lowest BCUT2D eigenvalue weighted by Gasteiger charge is -2.34. The van der Waals surface area contributed by atoms with Crippen molar-refractivity contribution in [2.24, 2.45) is 0 Å². The van der Waals surface area contributed by atoms with Gasteiger partial charge in [0, 0.05) is 19.3 Å². The van der Waals surface area contributed by atoms with Crippen LogP contribution in [0.1, 0.15) is 26.7 Å². The summed E-state index contributed by atoms with van der Waals surface area (Å²) in [5.74, 6) is 0.914. The summed E-state index contributed by atoms with van der Waals surface area (Å²) in [5, 5.41) is 3.32. The van der Waals surface area contributed by atoms with Crippen LogP contribution < -0.4 is 10.1 Å².